The highest BCUT2D eigenvalue weighted by molar-refractivity contribution is 5.96. The normalized spacial score (nSPS) is 15.7. The first-order valence-corrected chi connectivity index (χ1v) is 15.8. The second kappa shape index (κ2) is 15.1. The number of amides is 1. The van der Waals surface area contributed by atoms with Gasteiger partial charge >= 0.3 is 5.97 Å². The molecule has 1 fully saturated rings. The first-order valence-electron chi connectivity index (χ1n) is 15.8. The Hall–Kier alpha value is -3.80. The Labute approximate surface area is 257 Å². The van der Waals surface area contributed by atoms with Gasteiger partial charge in [0.15, 0.2) is 0 Å². The molecule has 43 heavy (non-hydrogen) atoms. The predicted octanol–water partition coefficient (Wildman–Crippen LogP) is 7.75. The van der Waals surface area contributed by atoms with Gasteiger partial charge in [-0.1, -0.05) is 89.8 Å². The molecule has 2 atom stereocenters. The zero-order valence-electron chi connectivity index (χ0n) is 26.3. The number of aliphatic carboxylic acids is 1. The van der Waals surface area contributed by atoms with Crippen molar-refractivity contribution in [3.05, 3.63) is 95.1 Å². The largest absolute Gasteiger partial charge is 0.494 e. The first-order chi connectivity index (χ1) is 20.6. The minimum atomic E-state index is -1.05. The van der Waals surface area contributed by atoms with E-state index in [1.54, 1.807) is 12.1 Å². The maximum Gasteiger partial charge on any atom is 0.326 e. The minimum Gasteiger partial charge on any atom is -0.494 e. The van der Waals surface area contributed by atoms with E-state index in [0.717, 1.165) is 55.1 Å². The van der Waals surface area contributed by atoms with E-state index in [1.807, 2.05) is 24.3 Å². The predicted molar refractivity (Wildman–Crippen MR) is 174 cm³/mol. The van der Waals surface area contributed by atoms with Crippen molar-refractivity contribution < 1.29 is 19.4 Å². The molecule has 0 saturated carbocycles. The number of benzene rings is 3. The molecule has 1 saturated heterocycles. The lowest BCUT2D eigenvalue weighted by Crippen LogP contribution is -2.42. The Kier molecular flexibility index (Phi) is 11.3. The van der Waals surface area contributed by atoms with Crippen LogP contribution in [0.2, 0.25) is 0 Å². The van der Waals surface area contributed by atoms with Gasteiger partial charge in [-0.2, -0.15) is 0 Å². The smallest absolute Gasteiger partial charge is 0.326 e. The molecule has 6 heteroatoms. The highest BCUT2D eigenvalue weighted by atomic mass is 16.5. The molecule has 3 aromatic rings. The van der Waals surface area contributed by atoms with Crippen LogP contribution in [0, 0.1) is 0 Å². The van der Waals surface area contributed by atoms with Crippen LogP contribution in [-0.4, -0.2) is 42.7 Å². The number of carbonyl (C=O) groups excluding carboxylic acids is 1. The number of ether oxygens (including phenoxy) is 1. The number of anilines is 1. The molecule has 0 bridgehead atoms. The summed E-state index contributed by atoms with van der Waals surface area (Å²) in [5.74, 6) is -0.0186. The van der Waals surface area contributed by atoms with Gasteiger partial charge in [-0.25, -0.2) is 4.79 Å². The summed E-state index contributed by atoms with van der Waals surface area (Å²) in [6, 6.07) is 23.0. The van der Waals surface area contributed by atoms with E-state index in [2.05, 4.69) is 74.3 Å². The van der Waals surface area contributed by atoms with Crippen molar-refractivity contribution in [2.24, 2.45) is 0 Å². The lowest BCUT2D eigenvalue weighted by molar-refractivity contribution is -0.139. The number of hydrogen-bond donors (Lipinski definition) is 2. The monoisotopic (exact) mass is 584 g/mol. The Morgan fingerprint density at radius 3 is 2.23 bits per heavy atom. The number of rotatable bonds is 14. The Morgan fingerprint density at radius 1 is 0.930 bits per heavy atom. The summed E-state index contributed by atoms with van der Waals surface area (Å²) in [6.07, 6.45) is 7.49. The van der Waals surface area contributed by atoms with E-state index in [-0.39, 0.29) is 17.7 Å². The fourth-order valence-electron chi connectivity index (χ4n) is 5.64. The van der Waals surface area contributed by atoms with Gasteiger partial charge in [0.05, 0.1) is 6.61 Å². The Balaban J connectivity index is 1.27. The fourth-order valence-corrected chi connectivity index (χ4v) is 5.64. The summed E-state index contributed by atoms with van der Waals surface area (Å²) >= 11 is 0. The van der Waals surface area contributed by atoms with Crippen LogP contribution in [0.15, 0.2) is 72.8 Å². The minimum absolute atomic E-state index is 0.0194. The third kappa shape index (κ3) is 9.34. The average Bonchev–Trinajstić information content (AvgIpc) is 3.49. The molecule has 1 heterocycles. The number of carboxylic acids is 1. The zero-order valence-corrected chi connectivity index (χ0v) is 26.3. The summed E-state index contributed by atoms with van der Waals surface area (Å²) in [4.78, 5) is 27.2. The highest BCUT2D eigenvalue weighted by Crippen LogP contribution is 2.32. The van der Waals surface area contributed by atoms with Crippen LogP contribution in [0.5, 0.6) is 5.75 Å². The lowest BCUT2D eigenvalue weighted by Gasteiger charge is -2.20. The topological polar surface area (TPSA) is 78.9 Å². The van der Waals surface area contributed by atoms with Crippen LogP contribution < -0.4 is 15.0 Å². The summed E-state index contributed by atoms with van der Waals surface area (Å²) in [7, 11) is 0. The molecular formula is C37H48N2O4. The quantitative estimate of drug-likeness (QED) is 0.189. The zero-order chi connectivity index (χ0) is 30.8. The number of carbonyl (C=O) groups is 2. The van der Waals surface area contributed by atoms with Gasteiger partial charge in [-0.15, -0.1) is 0 Å². The Bertz CT molecular complexity index is 1310. The number of unbranched alkanes of at least 4 members (excludes halogenated alkanes) is 4. The van der Waals surface area contributed by atoms with E-state index >= 15 is 0 Å². The third-order valence-electron chi connectivity index (χ3n) is 8.41. The molecule has 1 aliphatic rings. The molecule has 0 aliphatic carbocycles. The van der Waals surface area contributed by atoms with E-state index < -0.39 is 12.0 Å². The second-order valence-electron chi connectivity index (χ2n) is 12.8. The van der Waals surface area contributed by atoms with E-state index in [4.69, 9.17) is 4.74 Å². The van der Waals surface area contributed by atoms with Crippen LogP contribution in [-0.2, 0) is 16.6 Å². The van der Waals surface area contributed by atoms with Crippen molar-refractivity contribution in [3.63, 3.8) is 0 Å². The van der Waals surface area contributed by atoms with E-state index in [1.165, 1.54) is 31.2 Å². The Morgan fingerprint density at radius 2 is 1.60 bits per heavy atom. The number of nitrogens with zero attached hydrogens (tertiary/aromatic N) is 1. The van der Waals surface area contributed by atoms with Gasteiger partial charge in [0.1, 0.15) is 11.8 Å². The van der Waals surface area contributed by atoms with Crippen molar-refractivity contribution in [2.75, 3.05) is 24.6 Å². The molecule has 230 valence electrons. The van der Waals surface area contributed by atoms with Gasteiger partial charge in [0, 0.05) is 36.7 Å². The summed E-state index contributed by atoms with van der Waals surface area (Å²) in [5, 5.41) is 12.5. The van der Waals surface area contributed by atoms with Crippen molar-refractivity contribution in [1.29, 1.82) is 0 Å². The van der Waals surface area contributed by atoms with Gasteiger partial charge in [-0.05, 0) is 71.3 Å². The van der Waals surface area contributed by atoms with Crippen molar-refractivity contribution in [1.82, 2.24) is 5.32 Å². The number of hydrogen-bond acceptors (Lipinski definition) is 4. The highest BCUT2D eigenvalue weighted by Gasteiger charge is 2.25. The van der Waals surface area contributed by atoms with Crippen LogP contribution >= 0.6 is 0 Å². The van der Waals surface area contributed by atoms with Crippen molar-refractivity contribution in [2.45, 2.75) is 90.0 Å². The molecule has 1 unspecified atom stereocenters. The molecule has 1 amide bonds. The third-order valence-corrected chi connectivity index (χ3v) is 8.41. The standard InChI is InChI=1S/C37H48N2O4/c1-5-6-7-8-9-24-43-33-20-14-28(15-21-33)30-22-23-39(26-30)32-18-10-27(11-19-32)25-34(36(41)42)38-35(40)29-12-16-31(17-13-29)37(2,3)4/h10-21,30,34H,5-9,22-26H2,1-4H3,(H,38,40)(H,41,42)/t30?,34-/m0/s1. The molecular weight excluding hydrogens is 536 g/mol. The van der Waals surface area contributed by atoms with Crippen molar-refractivity contribution in [3.8, 4) is 5.75 Å². The van der Waals surface area contributed by atoms with Gasteiger partial charge in [0.25, 0.3) is 5.91 Å². The number of carboxylic acid groups (broad SMARTS) is 1. The van der Waals surface area contributed by atoms with Crippen LogP contribution in [0.4, 0.5) is 5.69 Å². The molecule has 1 aliphatic heterocycles. The second-order valence-corrected chi connectivity index (χ2v) is 12.8. The summed E-state index contributed by atoms with van der Waals surface area (Å²) in [5.41, 5.74) is 4.89. The molecule has 2 N–H and O–H groups in total. The molecule has 0 spiro atoms. The summed E-state index contributed by atoms with van der Waals surface area (Å²) < 4.78 is 5.94. The van der Waals surface area contributed by atoms with Gasteiger partial charge in [-0.3, -0.25) is 4.79 Å². The first kappa shape index (κ1) is 32.1. The van der Waals surface area contributed by atoms with E-state index in [9.17, 15) is 14.7 Å². The molecule has 6 nitrogen and oxygen atoms in total. The fraction of sp³-hybridized carbons (Fsp3) is 0.459. The van der Waals surface area contributed by atoms with Crippen LogP contribution in [0.3, 0.4) is 0 Å². The summed E-state index contributed by atoms with van der Waals surface area (Å²) in [6.45, 7) is 11.3. The maximum atomic E-state index is 12.8. The molecule has 3 aromatic carbocycles. The van der Waals surface area contributed by atoms with Crippen molar-refractivity contribution >= 4 is 17.6 Å². The van der Waals surface area contributed by atoms with Crippen LogP contribution in [0.25, 0.3) is 0 Å². The van der Waals surface area contributed by atoms with Gasteiger partial charge in [0.2, 0.25) is 0 Å². The maximum absolute atomic E-state index is 12.8. The molecule has 0 aromatic heterocycles. The molecule has 4 rings (SSSR count). The van der Waals surface area contributed by atoms with Crippen LogP contribution in [0.1, 0.15) is 99.2 Å². The lowest BCUT2D eigenvalue weighted by atomic mass is 9.86. The van der Waals surface area contributed by atoms with Gasteiger partial charge < -0.3 is 20.1 Å². The number of nitrogens with one attached hydrogen (secondary N) is 1. The average molecular weight is 585 g/mol. The molecule has 0 radical (unpaired) electrons. The van der Waals surface area contributed by atoms with E-state index in [0.29, 0.717) is 11.5 Å². The SMILES string of the molecule is CCCCCCCOc1ccc(C2CCN(c3ccc(C[C@H](NC(=O)c4ccc(C(C)(C)C)cc4)C(=O)O)cc3)C2)cc1.